The van der Waals surface area contributed by atoms with Gasteiger partial charge in [-0.2, -0.15) is 0 Å². The largest absolute Gasteiger partial charge is 0.492 e. The zero-order valence-corrected chi connectivity index (χ0v) is 16.0. The van der Waals surface area contributed by atoms with Crippen LogP contribution in [0.5, 0.6) is 5.75 Å². The van der Waals surface area contributed by atoms with Gasteiger partial charge < -0.3 is 10.1 Å². The van der Waals surface area contributed by atoms with Crippen molar-refractivity contribution in [3.63, 3.8) is 0 Å². The number of thiophene rings is 1. The number of urea groups is 1. The van der Waals surface area contributed by atoms with Crippen molar-refractivity contribution in [1.82, 2.24) is 15.5 Å². The molecule has 1 aromatic carbocycles. The van der Waals surface area contributed by atoms with Crippen LogP contribution in [0.15, 0.2) is 41.8 Å². The number of nitrogens with zero attached hydrogens (tertiary/aromatic N) is 1. The van der Waals surface area contributed by atoms with Crippen LogP contribution in [0.25, 0.3) is 0 Å². The summed E-state index contributed by atoms with van der Waals surface area (Å²) in [4.78, 5) is 26.6. The van der Waals surface area contributed by atoms with E-state index >= 15 is 0 Å². The average molecular weight is 375 g/mol. The number of amides is 3. The number of carbonyl (C=O) groups is 2. The van der Waals surface area contributed by atoms with E-state index in [0.717, 1.165) is 12.2 Å². The smallest absolute Gasteiger partial charge is 0.321 e. The van der Waals surface area contributed by atoms with E-state index in [0.29, 0.717) is 19.7 Å². The quantitative estimate of drug-likeness (QED) is 0.706. The predicted octanol–water partition coefficient (Wildman–Crippen LogP) is 2.44. The first-order valence-electron chi connectivity index (χ1n) is 8.51. The average Bonchev–Trinajstić information content (AvgIpc) is 3.10. The van der Waals surface area contributed by atoms with Crippen molar-refractivity contribution in [2.45, 2.75) is 13.3 Å². The summed E-state index contributed by atoms with van der Waals surface area (Å²) in [7, 11) is 1.81. The van der Waals surface area contributed by atoms with Gasteiger partial charge in [0.2, 0.25) is 5.91 Å². The molecule has 2 N–H and O–H groups in total. The van der Waals surface area contributed by atoms with E-state index in [2.05, 4.69) is 10.6 Å². The Hall–Kier alpha value is -2.38. The van der Waals surface area contributed by atoms with Gasteiger partial charge in [0.05, 0.1) is 6.54 Å². The highest BCUT2D eigenvalue weighted by atomic mass is 32.1. The molecule has 3 amide bonds. The molecule has 0 aliphatic heterocycles. The van der Waals surface area contributed by atoms with Gasteiger partial charge in [-0.25, -0.2) is 4.79 Å². The van der Waals surface area contributed by atoms with Crippen molar-refractivity contribution in [2.24, 2.45) is 0 Å². The lowest BCUT2D eigenvalue weighted by molar-refractivity contribution is -0.120. The molecule has 0 unspecified atom stereocenters. The fourth-order valence-electron chi connectivity index (χ4n) is 2.24. The number of carbonyl (C=O) groups excluding carboxylic acids is 2. The van der Waals surface area contributed by atoms with Gasteiger partial charge >= 0.3 is 6.03 Å². The van der Waals surface area contributed by atoms with Crippen molar-refractivity contribution in [3.05, 3.63) is 52.2 Å². The molecule has 0 saturated heterocycles. The summed E-state index contributed by atoms with van der Waals surface area (Å²) in [5.74, 6) is 0.468. The number of hydrogen-bond donors (Lipinski definition) is 2. The van der Waals surface area contributed by atoms with E-state index in [-0.39, 0.29) is 12.5 Å². The maximum absolute atomic E-state index is 11.9. The van der Waals surface area contributed by atoms with Gasteiger partial charge in [-0.1, -0.05) is 23.8 Å². The van der Waals surface area contributed by atoms with E-state index in [9.17, 15) is 9.59 Å². The molecule has 26 heavy (non-hydrogen) atoms. The maximum Gasteiger partial charge on any atom is 0.321 e. The molecule has 0 spiro atoms. The van der Waals surface area contributed by atoms with E-state index in [1.807, 2.05) is 60.6 Å². The Morgan fingerprint density at radius 1 is 1.19 bits per heavy atom. The van der Waals surface area contributed by atoms with Gasteiger partial charge in [0.1, 0.15) is 12.4 Å². The van der Waals surface area contributed by atoms with Crippen LogP contribution < -0.4 is 15.4 Å². The van der Waals surface area contributed by atoms with Crippen LogP contribution in [0, 0.1) is 6.92 Å². The minimum Gasteiger partial charge on any atom is -0.492 e. The molecule has 0 saturated carbocycles. The Labute approximate surface area is 158 Å². The summed E-state index contributed by atoms with van der Waals surface area (Å²) in [6, 6.07) is 11.3. The lowest BCUT2D eigenvalue weighted by Gasteiger charge is -2.16. The topological polar surface area (TPSA) is 70.7 Å². The van der Waals surface area contributed by atoms with Crippen LogP contribution in [0.2, 0.25) is 0 Å². The highest BCUT2D eigenvalue weighted by Crippen LogP contribution is 2.11. The molecule has 0 aliphatic carbocycles. The molecule has 0 bridgehead atoms. The predicted molar refractivity (Wildman–Crippen MR) is 104 cm³/mol. The molecule has 1 heterocycles. The highest BCUT2D eigenvalue weighted by molar-refractivity contribution is 7.09. The lowest BCUT2D eigenvalue weighted by Crippen LogP contribution is -2.44. The van der Waals surface area contributed by atoms with E-state index in [4.69, 9.17) is 4.74 Å². The lowest BCUT2D eigenvalue weighted by atomic mass is 10.2. The Balaban J connectivity index is 1.57. The fourth-order valence-corrected chi connectivity index (χ4v) is 2.95. The van der Waals surface area contributed by atoms with E-state index in [1.165, 1.54) is 10.4 Å². The minimum atomic E-state index is -0.462. The normalized spacial score (nSPS) is 10.6. The summed E-state index contributed by atoms with van der Waals surface area (Å²) >= 11 is 1.65. The van der Waals surface area contributed by atoms with Gasteiger partial charge in [0.25, 0.3) is 0 Å². The van der Waals surface area contributed by atoms with Crippen molar-refractivity contribution in [2.75, 3.05) is 33.3 Å². The molecular weight excluding hydrogens is 350 g/mol. The second-order valence-corrected chi connectivity index (χ2v) is 7.06. The van der Waals surface area contributed by atoms with E-state index < -0.39 is 6.03 Å². The summed E-state index contributed by atoms with van der Waals surface area (Å²) in [5.41, 5.74) is 1.18. The van der Waals surface area contributed by atoms with E-state index in [1.54, 1.807) is 11.3 Å². The Bertz CT molecular complexity index is 687. The van der Waals surface area contributed by atoms with Gasteiger partial charge in [0.15, 0.2) is 0 Å². The van der Waals surface area contributed by atoms with Crippen molar-refractivity contribution in [3.8, 4) is 5.75 Å². The molecule has 6 nitrogen and oxygen atoms in total. The molecule has 0 radical (unpaired) electrons. The number of hydrogen-bond acceptors (Lipinski definition) is 5. The zero-order valence-electron chi connectivity index (χ0n) is 15.2. The van der Waals surface area contributed by atoms with Crippen molar-refractivity contribution < 1.29 is 14.3 Å². The number of imide groups is 1. The standard InChI is InChI=1S/C19H25N3O3S/c1-15-5-7-16(8-6-15)25-12-11-22(2)14-18(23)21-19(24)20-10-9-17-4-3-13-26-17/h3-8,13H,9-12,14H2,1-2H3,(H2,20,21,23,24). The summed E-state index contributed by atoms with van der Waals surface area (Å²) < 4.78 is 5.63. The minimum absolute atomic E-state index is 0.135. The molecular formula is C19H25N3O3S. The van der Waals surface area contributed by atoms with Crippen molar-refractivity contribution >= 4 is 23.3 Å². The van der Waals surface area contributed by atoms with Crippen LogP contribution in [0.3, 0.4) is 0 Å². The van der Waals surface area contributed by atoms with Crippen LogP contribution in [0.4, 0.5) is 4.79 Å². The number of rotatable bonds is 9. The molecule has 0 fully saturated rings. The summed E-state index contributed by atoms with van der Waals surface area (Å²) in [6.07, 6.45) is 0.759. The zero-order chi connectivity index (χ0) is 18.8. The van der Waals surface area contributed by atoms with Crippen LogP contribution >= 0.6 is 11.3 Å². The second kappa shape index (κ2) is 10.6. The van der Waals surface area contributed by atoms with Gasteiger partial charge in [-0.15, -0.1) is 11.3 Å². The first-order valence-corrected chi connectivity index (χ1v) is 9.39. The number of likely N-dealkylation sites (N-methyl/N-ethyl adjacent to an activating group) is 1. The monoisotopic (exact) mass is 375 g/mol. The molecule has 2 aromatic rings. The maximum atomic E-state index is 11.9. The Kier molecular flexibility index (Phi) is 8.11. The first kappa shape index (κ1) is 19.9. The SMILES string of the molecule is Cc1ccc(OCCN(C)CC(=O)NC(=O)NCCc2cccs2)cc1. The number of benzene rings is 1. The number of nitrogens with one attached hydrogen (secondary N) is 2. The first-order chi connectivity index (χ1) is 12.5. The van der Waals surface area contributed by atoms with Gasteiger partial charge in [0, 0.05) is 18.0 Å². The molecule has 2 rings (SSSR count). The summed E-state index contributed by atoms with van der Waals surface area (Å²) in [5, 5.41) is 7.02. The van der Waals surface area contributed by atoms with Crippen LogP contribution in [0.1, 0.15) is 10.4 Å². The fraction of sp³-hybridized carbons (Fsp3) is 0.368. The van der Waals surface area contributed by atoms with Crippen molar-refractivity contribution in [1.29, 1.82) is 0 Å². The number of aryl methyl sites for hydroxylation is 1. The third-order valence-corrected chi connectivity index (χ3v) is 4.60. The number of ether oxygens (including phenoxy) is 1. The Morgan fingerprint density at radius 2 is 1.96 bits per heavy atom. The van der Waals surface area contributed by atoms with Crippen LogP contribution in [-0.2, 0) is 11.2 Å². The molecule has 0 aliphatic rings. The molecule has 140 valence electrons. The van der Waals surface area contributed by atoms with Gasteiger partial charge in [-0.3, -0.25) is 15.0 Å². The summed E-state index contributed by atoms with van der Waals surface area (Å²) in [6.45, 7) is 3.71. The molecule has 1 aromatic heterocycles. The Morgan fingerprint density at radius 3 is 2.65 bits per heavy atom. The third kappa shape index (κ3) is 7.67. The molecule has 0 atom stereocenters. The second-order valence-electron chi connectivity index (χ2n) is 6.03. The highest BCUT2D eigenvalue weighted by Gasteiger charge is 2.10. The van der Waals surface area contributed by atoms with Crippen LogP contribution in [-0.4, -0.2) is 50.1 Å². The molecule has 7 heteroatoms. The van der Waals surface area contributed by atoms with Gasteiger partial charge in [-0.05, 0) is 44.0 Å². The third-order valence-electron chi connectivity index (χ3n) is 3.67.